The van der Waals surface area contributed by atoms with E-state index in [0.717, 1.165) is 23.9 Å². The first-order valence-corrected chi connectivity index (χ1v) is 10.6. The van der Waals surface area contributed by atoms with Gasteiger partial charge in [0.2, 0.25) is 0 Å². The third-order valence-corrected chi connectivity index (χ3v) is 5.55. The van der Waals surface area contributed by atoms with Crippen molar-refractivity contribution in [3.63, 3.8) is 0 Å². The Morgan fingerprint density at radius 1 is 0.939 bits per heavy atom. The highest BCUT2D eigenvalue weighted by atomic mass is 35.5. The van der Waals surface area contributed by atoms with Crippen LogP contribution in [0.25, 0.3) is 27.8 Å². The molecule has 0 aliphatic carbocycles. The van der Waals surface area contributed by atoms with Crippen LogP contribution >= 0.6 is 11.6 Å². The van der Waals surface area contributed by atoms with E-state index >= 15 is 0 Å². The van der Waals surface area contributed by atoms with Gasteiger partial charge in [0.05, 0.1) is 11.1 Å². The smallest absolute Gasteiger partial charge is 0.369 e. The van der Waals surface area contributed by atoms with Crippen LogP contribution in [-0.4, -0.2) is 26.4 Å². The molecule has 2 heterocycles. The molecule has 0 bridgehead atoms. The molecule has 3 aromatic carbocycles. The Kier molecular flexibility index (Phi) is 5.38. The predicted molar refractivity (Wildman–Crippen MR) is 122 cm³/mol. The van der Waals surface area contributed by atoms with Gasteiger partial charge in [-0.3, -0.25) is 0 Å². The molecular weight excluding hydrogens is 451 g/mol. The highest BCUT2D eigenvalue weighted by Crippen LogP contribution is 2.34. The minimum absolute atomic E-state index is 0.268. The minimum atomic E-state index is -4.46. The molecule has 0 atom stereocenters. The lowest BCUT2D eigenvalue weighted by atomic mass is 10.1. The number of nitrogens with zero attached hydrogens (tertiary/aromatic N) is 4. The lowest BCUT2D eigenvalue weighted by Gasteiger charge is -2.11. The van der Waals surface area contributed by atoms with Gasteiger partial charge in [-0.05, 0) is 42.3 Å². The van der Waals surface area contributed by atoms with E-state index in [0.29, 0.717) is 28.5 Å². The number of hydrogen-bond acceptors (Lipinski definition) is 4. The van der Waals surface area contributed by atoms with Crippen LogP contribution in [0.15, 0.2) is 72.8 Å². The molecule has 0 unspecified atom stereocenters. The van der Waals surface area contributed by atoms with E-state index in [1.54, 1.807) is 24.3 Å². The highest BCUT2D eigenvalue weighted by Gasteiger charge is 2.31. The maximum atomic E-state index is 13.2. The van der Waals surface area contributed by atoms with Gasteiger partial charge in [-0.15, -0.1) is 5.10 Å². The standard InChI is InChI=1S/C24H17ClF3N5/c25-18-9-10-20-19(14-18)22(29-12-11-15-5-2-1-3-6-15)30-23-21(31-32-33(20)23)16-7-4-8-17(13-16)24(26,27)28/h1-10,13-14H,11-12H2,(H,29,30). The van der Waals surface area contributed by atoms with Crippen molar-refractivity contribution in [3.05, 3.63) is 88.9 Å². The Labute approximate surface area is 191 Å². The van der Waals surface area contributed by atoms with Crippen LogP contribution in [0.1, 0.15) is 11.1 Å². The highest BCUT2D eigenvalue weighted by molar-refractivity contribution is 6.31. The Bertz CT molecular complexity index is 1450. The van der Waals surface area contributed by atoms with Gasteiger partial charge in [0.1, 0.15) is 11.5 Å². The Balaban J connectivity index is 1.60. The summed E-state index contributed by atoms with van der Waals surface area (Å²) in [5, 5.41) is 12.9. The Morgan fingerprint density at radius 2 is 1.76 bits per heavy atom. The number of rotatable bonds is 5. The number of aromatic nitrogens is 4. The third-order valence-electron chi connectivity index (χ3n) is 5.32. The van der Waals surface area contributed by atoms with Gasteiger partial charge >= 0.3 is 6.18 Å². The summed E-state index contributed by atoms with van der Waals surface area (Å²) in [5.74, 6) is 0.562. The molecule has 0 saturated heterocycles. The van der Waals surface area contributed by atoms with E-state index < -0.39 is 11.7 Å². The van der Waals surface area contributed by atoms with Crippen molar-refractivity contribution in [2.45, 2.75) is 12.6 Å². The van der Waals surface area contributed by atoms with Crippen molar-refractivity contribution in [2.24, 2.45) is 0 Å². The maximum Gasteiger partial charge on any atom is 0.416 e. The molecule has 0 amide bonds. The zero-order valence-electron chi connectivity index (χ0n) is 17.1. The van der Waals surface area contributed by atoms with E-state index in [9.17, 15) is 13.2 Å². The molecule has 1 N–H and O–H groups in total. The van der Waals surface area contributed by atoms with Gasteiger partial charge in [0.15, 0.2) is 5.65 Å². The van der Waals surface area contributed by atoms with Crippen LogP contribution in [0, 0.1) is 0 Å². The van der Waals surface area contributed by atoms with Gasteiger partial charge in [-0.2, -0.15) is 17.7 Å². The third kappa shape index (κ3) is 4.21. The molecule has 0 radical (unpaired) electrons. The first kappa shape index (κ1) is 21.2. The van der Waals surface area contributed by atoms with Gasteiger partial charge < -0.3 is 5.32 Å². The molecule has 9 heteroatoms. The van der Waals surface area contributed by atoms with Crippen LogP contribution in [0.3, 0.4) is 0 Å². The summed E-state index contributed by atoms with van der Waals surface area (Å²) >= 11 is 6.23. The topological polar surface area (TPSA) is 55.1 Å². The second-order valence-electron chi connectivity index (χ2n) is 7.54. The number of halogens is 4. The molecule has 5 aromatic rings. The second-order valence-corrected chi connectivity index (χ2v) is 7.97. The molecular formula is C24H17ClF3N5. The van der Waals surface area contributed by atoms with Crippen LogP contribution in [0.4, 0.5) is 19.0 Å². The van der Waals surface area contributed by atoms with Gasteiger partial charge in [-0.1, -0.05) is 59.3 Å². The van der Waals surface area contributed by atoms with Gasteiger partial charge in [-0.25, -0.2) is 4.98 Å². The summed E-state index contributed by atoms with van der Waals surface area (Å²) in [6.45, 7) is 0.606. The fourth-order valence-electron chi connectivity index (χ4n) is 3.72. The summed E-state index contributed by atoms with van der Waals surface area (Å²) in [5.41, 5.74) is 2.02. The summed E-state index contributed by atoms with van der Waals surface area (Å²) < 4.78 is 41.2. The minimum Gasteiger partial charge on any atom is -0.369 e. The normalized spacial score (nSPS) is 11.9. The van der Waals surface area contributed by atoms with E-state index in [4.69, 9.17) is 16.6 Å². The van der Waals surface area contributed by atoms with Crippen LogP contribution in [0.5, 0.6) is 0 Å². The summed E-state index contributed by atoms with van der Waals surface area (Å²) in [4.78, 5) is 4.69. The predicted octanol–water partition coefficient (Wildman–Crippen LogP) is 6.27. The molecule has 5 nitrogen and oxygen atoms in total. The average Bonchev–Trinajstić information content (AvgIpc) is 3.23. The van der Waals surface area contributed by atoms with Crippen molar-refractivity contribution >= 4 is 34.0 Å². The second kappa shape index (κ2) is 8.37. The monoisotopic (exact) mass is 467 g/mol. The van der Waals surface area contributed by atoms with Crippen molar-refractivity contribution in [1.29, 1.82) is 0 Å². The van der Waals surface area contributed by atoms with E-state index in [1.807, 2.05) is 30.3 Å². The number of hydrogen-bond donors (Lipinski definition) is 1. The first-order valence-electron chi connectivity index (χ1n) is 10.2. The molecule has 166 valence electrons. The van der Waals surface area contributed by atoms with Crippen molar-refractivity contribution < 1.29 is 13.2 Å². The number of nitrogens with one attached hydrogen (secondary N) is 1. The zero-order valence-corrected chi connectivity index (χ0v) is 17.9. The van der Waals surface area contributed by atoms with Crippen molar-refractivity contribution in [3.8, 4) is 11.3 Å². The van der Waals surface area contributed by atoms with Crippen LogP contribution < -0.4 is 5.32 Å². The SMILES string of the molecule is FC(F)(F)c1cccc(-c2nnn3c2nc(NCCc2ccccc2)c2cc(Cl)ccc23)c1. The molecule has 0 aliphatic rings. The molecule has 0 spiro atoms. The zero-order chi connectivity index (χ0) is 23.0. The number of benzene rings is 3. The Hall–Kier alpha value is -3.65. The van der Waals surface area contributed by atoms with Gasteiger partial charge in [0, 0.05) is 22.5 Å². The summed E-state index contributed by atoms with van der Waals surface area (Å²) in [7, 11) is 0. The Morgan fingerprint density at radius 3 is 2.55 bits per heavy atom. The fraction of sp³-hybridized carbons (Fsp3) is 0.125. The lowest BCUT2D eigenvalue weighted by molar-refractivity contribution is -0.137. The molecule has 5 rings (SSSR count). The number of anilines is 1. The molecule has 33 heavy (non-hydrogen) atoms. The van der Waals surface area contributed by atoms with Crippen molar-refractivity contribution in [2.75, 3.05) is 11.9 Å². The van der Waals surface area contributed by atoms with Crippen LogP contribution in [0.2, 0.25) is 5.02 Å². The molecule has 2 aromatic heterocycles. The average molecular weight is 468 g/mol. The van der Waals surface area contributed by atoms with E-state index in [2.05, 4.69) is 15.6 Å². The van der Waals surface area contributed by atoms with E-state index in [1.165, 1.54) is 16.1 Å². The summed E-state index contributed by atoms with van der Waals surface area (Å²) in [6, 6.07) is 20.3. The first-order chi connectivity index (χ1) is 15.9. The molecule has 0 fully saturated rings. The molecule has 0 saturated carbocycles. The maximum absolute atomic E-state index is 13.2. The lowest BCUT2D eigenvalue weighted by Crippen LogP contribution is -2.08. The fourth-order valence-corrected chi connectivity index (χ4v) is 3.89. The van der Waals surface area contributed by atoms with Gasteiger partial charge in [0.25, 0.3) is 0 Å². The summed E-state index contributed by atoms with van der Waals surface area (Å²) in [6.07, 6.45) is -3.69. The largest absolute Gasteiger partial charge is 0.416 e. The van der Waals surface area contributed by atoms with Crippen LogP contribution in [-0.2, 0) is 12.6 Å². The number of alkyl halides is 3. The van der Waals surface area contributed by atoms with E-state index in [-0.39, 0.29) is 11.3 Å². The van der Waals surface area contributed by atoms with Crippen molar-refractivity contribution in [1.82, 2.24) is 19.8 Å². The molecule has 0 aliphatic heterocycles. The number of fused-ring (bicyclic) bond motifs is 3. The quantitative estimate of drug-likeness (QED) is 0.331.